The number of para-hydroxylation sites is 1. The fraction of sp³-hybridized carbons (Fsp3) is 0.381. The van der Waals surface area contributed by atoms with Crippen LogP contribution in [0.4, 0.5) is 0 Å². The van der Waals surface area contributed by atoms with Crippen LogP contribution in [-0.2, 0) is 11.3 Å². The Bertz CT molecular complexity index is 955. The third kappa shape index (κ3) is 3.99. The molecule has 1 N–H and O–H groups in total. The standard InChI is InChI=1S/C21H25N5O2/c1-28-18-9-3-2-7-16(18)13-22-20(27)15-25-11-6-8-17(14-25)21-24-23-19-10-4-5-12-26(19)21/h2-5,7,9-10,12,17H,6,8,11,13-15H2,1H3,(H,22,27)/t17-/m1/s1. The second kappa shape index (κ2) is 8.39. The van der Waals surface area contributed by atoms with Crippen molar-refractivity contribution in [1.29, 1.82) is 0 Å². The lowest BCUT2D eigenvalue weighted by Gasteiger charge is -2.31. The molecule has 1 saturated heterocycles. The van der Waals surface area contributed by atoms with Gasteiger partial charge in [0.1, 0.15) is 11.6 Å². The number of carbonyl (C=O) groups excluding carboxylic acids is 1. The average molecular weight is 379 g/mol. The fourth-order valence-electron chi connectivity index (χ4n) is 3.85. The zero-order valence-corrected chi connectivity index (χ0v) is 16.0. The van der Waals surface area contributed by atoms with Gasteiger partial charge >= 0.3 is 0 Å². The minimum atomic E-state index is 0.0256. The highest BCUT2D eigenvalue weighted by Crippen LogP contribution is 2.26. The maximum Gasteiger partial charge on any atom is 0.234 e. The van der Waals surface area contributed by atoms with E-state index in [1.807, 2.05) is 48.7 Å². The Hall–Kier alpha value is -2.93. The molecule has 1 aromatic carbocycles. The van der Waals surface area contributed by atoms with E-state index in [9.17, 15) is 4.79 Å². The number of benzene rings is 1. The summed E-state index contributed by atoms with van der Waals surface area (Å²) in [6, 6.07) is 13.7. The summed E-state index contributed by atoms with van der Waals surface area (Å²) < 4.78 is 7.39. The molecule has 146 valence electrons. The third-order valence-electron chi connectivity index (χ3n) is 5.25. The Morgan fingerprint density at radius 1 is 1.21 bits per heavy atom. The number of methoxy groups -OCH3 is 1. The largest absolute Gasteiger partial charge is 0.496 e. The highest BCUT2D eigenvalue weighted by molar-refractivity contribution is 5.78. The van der Waals surface area contributed by atoms with E-state index in [4.69, 9.17) is 4.74 Å². The number of likely N-dealkylation sites (tertiary alicyclic amines) is 1. The van der Waals surface area contributed by atoms with Crippen molar-refractivity contribution in [2.24, 2.45) is 0 Å². The molecule has 0 saturated carbocycles. The molecular formula is C21H25N5O2. The molecular weight excluding hydrogens is 354 g/mol. The van der Waals surface area contributed by atoms with Gasteiger partial charge in [-0.2, -0.15) is 0 Å². The van der Waals surface area contributed by atoms with Crippen LogP contribution >= 0.6 is 0 Å². The molecule has 0 radical (unpaired) electrons. The van der Waals surface area contributed by atoms with Gasteiger partial charge in [-0.1, -0.05) is 24.3 Å². The van der Waals surface area contributed by atoms with E-state index in [2.05, 4.69) is 24.8 Å². The Morgan fingerprint density at radius 2 is 2.07 bits per heavy atom. The molecule has 3 heterocycles. The first-order valence-corrected chi connectivity index (χ1v) is 9.65. The number of ether oxygens (including phenoxy) is 1. The first-order valence-electron chi connectivity index (χ1n) is 9.65. The van der Waals surface area contributed by atoms with Crippen LogP contribution in [0.2, 0.25) is 0 Å². The molecule has 7 heteroatoms. The van der Waals surface area contributed by atoms with E-state index in [-0.39, 0.29) is 11.8 Å². The molecule has 1 aliphatic heterocycles. The second-order valence-corrected chi connectivity index (χ2v) is 7.15. The van der Waals surface area contributed by atoms with Crippen LogP contribution in [0.25, 0.3) is 5.65 Å². The molecule has 28 heavy (non-hydrogen) atoms. The summed E-state index contributed by atoms with van der Waals surface area (Å²) in [6.07, 6.45) is 4.12. The Labute approximate surface area is 164 Å². The van der Waals surface area contributed by atoms with Gasteiger partial charge in [0, 0.05) is 30.8 Å². The van der Waals surface area contributed by atoms with Crippen LogP contribution in [0, 0.1) is 0 Å². The lowest BCUT2D eigenvalue weighted by Crippen LogP contribution is -2.42. The number of rotatable bonds is 6. The number of amides is 1. The van der Waals surface area contributed by atoms with Crippen molar-refractivity contribution in [2.45, 2.75) is 25.3 Å². The summed E-state index contributed by atoms with van der Waals surface area (Å²) in [6.45, 7) is 2.60. The number of carbonyl (C=O) groups is 1. The SMILES string of the molecule is COc1ccccc1CNC(=O)CN1CCC[C@@H](c2nnc3ccccn23)C1. The first-order chi connectivity index (χ1) is 13.7. The highest BCUT2D eigenvalue weighted by Gasteiger charge is 2.26. The van der Waals surface area contributed by atoms with Crippen molar-refractivity contribution in [1.82, 2.24) is 24.8 Å². The number of aromatic nitrogens is 3. The van der Waals surface area contributed by atoms with E-state index in [0.29, 0.717) is 13.1 Å². The minimum absolute atomic E-state index is 0.0256. The summed E-state index contributed by atoms with van der Waals surface area (Å²) in [4.78, 5) is 14.7. The summed E-state index contributed by atoms with van der Waals surface area (Å²) in [5.74, 6) is 2.08. The highest BCUT2D eigenvalue weighted by atomic mass is 16.5. The fourth-order valence-corrected chi connectivity index (χ4v) is 3.85. The predicted molar refractivity (Wildman–Crippen MR) is 106 cm³/mol. The number of fused-ring (bicyclic) bond motifs is 1. The maximum absolute atomic E-state index is 12.5. The smallest absolute Gasteiger partial charge is 0.234 e. The van der Waals surface area contributed by atoms with E-state index in [1.165, 1.54) is 0 Å². The van der Waals surface area contributed by atoms with Crippen LogP contribution in [0.15, 0.2) is 48.7 Å². The summed E-state index contributed by atoms with van der Waals surface area (Å²) in [7, 11) is 1.64. The van der Waals surface area contributed by atoms with Gasteiger partial charge in [0.2, 0.25) is 5.91 Å². The van der Waals surface area contributed by atoms with Crippen molar-refractivity contribution in [2.75, 3.05) is 26.7 Å². The number of nitrogens with zero attached hydrogens (tertiary/aromatic N) is 4. The molecule has 4 rings (SSSR count). The van der Waals surface area contributed by atoms with Crippen molar-refractivity contribution >= 4 is 11.6 Å². The minimum Gasteiger partial charge on any atom is -0.496 e. The van der Waals surface area contributed by atoms with E-state index in [0.717, 1.165) is 48.7 Å². The molecule has 3 aromatic rings. The van der Waals surface area contributed by atoms with Crippen molar-refractivity contribution < 1.29 is 9.53 Å². The molecule has 0 aliphatic carbocycles. The summed E-state index contributed by atoms with van der Waals surface area (Å²) in [5.41, 5.74) is 1.84. The van der Waals surface area contributed by atoms with Gasteiger partial charge in [-0.05, 0) is 37.6 Å². The van der Waals surface area contributed by atoms with E-state index in [1.54, 1.807) is 7.11 Å². The van der Waals surface area contributed by atoms with Crippen molar-refractivity contribution in [3.63, 3.8) is 0 Å². The van der Waals surface area contributed by atoms with Gasteiger partial charge in [-0.15, -0.1) is 10.2 Å². The van der Waals surface area contributed by atoms with Gasteiger partial charge in [-0.25, -0.2) is 0 Å². The molecule has 1 atom stereocenters. The first kappa shape index (κ1) is 18.4. The Kier molecular flexibility index (Phi) is 5.53. The quantitative estimate of drug-likeness (QED) is 0.711. The van der Waals surface area contributed by atoms with Crippen LogP contribution in [0.3, 0.4) is 0 Å². The molecule has 7 nitrogen and oxygen atoms in total. The molecule has 0 bridgehead atoms. The van der Waals surface area contributed by atoms with Gasteiger partial charge < -0.3 is 10.1 Å². The van der Waals surface area contributed by atoms with Crippen LogP contribution < -0.4 is 10.1 Å². The number of pyridine rings is 1. The maximum atomic E-state index is 12.5. The van der Waals surface area contributed by atoms with Gasteiger partial charge in [0.25, 0.3) is 0 Å². The van der Waals surface area contributed by atoms with E-state index >= 15 is 0 Å². The van der Waals surface area contributed by atoms with Crippen LogP contribution in [0.1, 0.15) is 30.1 Å². The number of nitrogens with one attached hydrogen (secondary N) is 1. The molecule has 1 fully saturated rings. The Balaban J connectivity index is 1.35. The molecule has 0 spiro atoms. The summed E-state index contributed by atoms with van der Waals surface area (Å²) >= 11 is 0. The van der Waals surface area contributed by atoms with Crippen LogP contribution in [-0.4, -0.2) is 52.1 Å². The normalized spacial score (nSPS) is 17.5. The zero-order chi connectivity index (χ0) is 19.3. The average Bonchev–Trinajstić information content (AvgIpc) is 3.17. The zero-order valence-electron chi connectivity index (χ0n) is 16.0. The lowest BCUT2D eigenvalue weighted by molar-refractivity contribution is -0.122. The number of hydrogen-bond donors (Lipinski definition) is 1. The van der Waals surface area contributed by atoms with Gasteiger partial charge in [-0.3, -0.25) is 14.1 Å². The molecule has 2 aromatic heterocycles. The molecule has 1 amide bonds. The lowest BCUT2D eigenvalue weighted by atomic mass is 9.97. The third-order valence-corrected chi connectivity index (χ3v) is 5.25. The van der Waals surface area contributed by atoms with Gasteiger partial charge in [0.05, 0.1) is 13.7 Å². The molecule has 1 aliphatic rings. The topological polar surface area (TPSA) is 71.8 Å². The van der Waals surface area contributed by atoms with Gasteiger partial charge in [0.15, 0.2) is 5.65 Å². The van der Waals surface area contributed by atoms with Crippen molar-refractivity contribution in [3.8, 4) is 5.75 Å². The van der Waals surface area contributed by atoms with E-state index < -0.39 is 0 Å². The summed E-state index contributed by atoms with van der Waals surface area (Å²) in [5, 5.41) is 11.7. The Morgan fingerprint density at radius 3 is 2.96 bits per heavy atom. The number of piperidine rings is 1. The molecule has 0 unspecified atom stereocenters. The predicted octanol–water partition coefficient (Wildman–Crippen LogP) is 2.23. The van der Waals surface area contributed by atoms with Crippen molar-refractivity contribution in [3.05, 3.63) is 60.0 Å². The van der Waals surface area contributed by atoms with Crippen LogP contribution in [0.5, 0.6) is 5.75 Å². The second-order valence-electron chi connectivity index (χ2n) is 7.15. The number of hydrogen-bond acceptors (Lipinski definition) is 5. The monoisotopic (exact) mass is 379 g/mol.